The molecule has 0 unspecified atom stereocenters. The summed E-state index contributed by atoms with van der Waals surface area (Å²) in [6.07, 6.45) is -2.66. The molecule has 0 aromatic heterocycles. The third kappa shape index (κ3) is 5.34. The van der Waals surface area contributed by atoms with Crippen molar-refractivity contribution < 1.29 is 26.4 Å². The molecule has 0 radical (unpaired) electrons. The molecule has 1 aromatic carbocycles. The first-order valence-corrected chi connectivity index (χ1v) is 8.67. The number of carbonyl (C=O) groups is 1. The van der Waals surface area contributed by atoms with Crippen molar-refractivity contribution in [2.75, 3.05) is 11.5 Å². The molecule has 1 saturated heterocycles. The molecule has 1 fully saturated rings. The van der Waals surface area contributed by atoms with Gasteiger partial charge in [-0.1, -0.05) is 12.1 Å². The van der Waals surface area contributed by atoms with Crippen molar-refractivity contribution in [1.29, 1.82) is 0 Å². The van der Waals surface area contributed by atoms with Gasteiger partial charge >= 0.3 is 6.18 Å². The van der Waals surface area contributed by atoms with Crippen LogP contribution >= 0.6 is 0 Å². The average molecular weight is 348 g/mol. The fourth-order valence-corrected chi connectivity index (χ4v) is 4.14. The fourth-order valence-electron chi connectivity index (χ4n) is 2.28. The van der Waals surface area contributed by atoms with Gasteiger partial charge in [0, 0.05) is 6.42 Å². The normalized spacial score (nSPS) is 20.7. The largest absolute Gasteiger partial charge is 0.416 e. The zero-order chi connectivity index (χ0) is 17.1. The Kier molecular flexibility index (Phi) is 5.08. The van der Waals surface area contributed by atoms with Gasteiger partial charge in [-0.2, -0.15) is 18.3 Å². The van der Waals surface area contributed by atoms with Crippen molar-refractivity contribution in [3.63, 3.8) is 0 Å². The smallest absolute Gasteiger partial charge is 0.273 e. The van der Waals surface area contributed by atoms with Gasteiger partial charge in [0.1, 0.15) is 0 Å². The quantitative estimate of drug-likeness (QED) is 0.668. The standard InChI is InChI=1S/C14H15F3N2O3S/c15-14(16,17)12-3-1-10(2-4-12)8-18-19-13(20)7-11-5-6-23(21,22)9-11/h1-4,8,11H,5-7,9H2,(H,19,20)/b18-8-/t11-/m1/s1. The van der Waals surface area contributed by atoms with E-state index in [1.54, 1.807) is 0 Å². The second kappa shape index (κ2) is 6.69. The Morgan fingerprint density at radius 2 is 1.96 bits per heavy atom. The summed E-state index contributed by atoms with van der Waals surface area (Å²) >= 11 is 0. The van der Waals surface area contributed by atoms with Crippen LogP contribution < -0.4 is 5.43 Å². The van der Waals surface area contributed by atoms with Gasteiger partial charge in [0.15, 0.2) is 9.84 Å². The number of nitrogens with zero attached hydrogens (tertiary/aromatic N) is 1. The lowest BCUT2D eigenvalue weighted by atomic mass is 10.1. The summed E-state index contributed by atoms with van der Waals surface area (Å²) in [6, 6.07) is 4.32. The highest BCUT2D eigenvalue weighted by Gasteiger charge is 2.30. The Balaban J connectivity index is 1.83. The highest BCUT2D eigenvalue weighted by molar-refractivity contribution is 7.91. The molecule has 0 aliphatic carbocycles. The number of sulfone groups is 1. The van der Waals surface area contributed by atoms with E-state index < -0.39 is 27.5 Å². The highest BCUT2D eigenvalue weighted by atomic mass is 32.2. The molecule has 1 aromatic rings. The van der Waals surface area contributed by atoms with Gasteiger partial charge in [-0.05, 0) is 30.0 Å². The van der Waals surface area contributed by atoms with Crippen LogP contribution in [0.2, 0.25) is 0 Å². The number of amides is 1. The molecule has 0 saturated carbocycles. The van der Waals surface area contributed by atoms with Crippen molar-refractivity contribution in [3.05, 3.63) is 35.4 Å². The summed E-state index contributed by atoms with van der Waals surface area (Å²) in [6.45, 7) is 0. The van der Waals surface area contributed by atoms with Crippen LogP contribution in [0.1, 0.15) is 24.0 Å². The minimum atomic E-state index is -4.40. The zero-order valence-corrected chi connectivity index (χ0v) is 12.8. The number of carbonyl (C=O) groups excluding carboxylic acids is 1. The topological polar surface area (TPSA) is 75.6 Å². The molecule has 0 bridgehead atoms. The molecular weight excluding hydrogens is 333 g/mol. The lowest BCUT2D eigenvalue weighted by molar-refractivity contribution is -0.137. The number of rotatable bonds is 4. The van der Waals surface area contributed by atoms with E-state index in [4.69, 9.17) is 0 Å². The van der Waals surface area contributed by atoms with E-state index in [1.807, 2.05) is 0 Å². The molecule has 1 heterocycles. The van der Waals surface area contributed by atoms with Crippen molar-refractivity contribution in [1.82, 2.24) is 5.43 Å². The van der Waals surface area contributed by atoms with Crippen molar-refractivity contribution in [2.45, 2.75) is 19.0 Å². The third-order valence-electron chi connectivity index (χ3n) is 3.44. The predicted molar refractivity (Wildman–Crippen MR) is 78.6 cm³/mol. The molecule has 2 rings (SSSR count). The van der Waals surface area contributed by atoms with Crippen molar-refractivity contribution in [3.8, 4) is 0 Å². The zero-order valence-electron chi connectivity index (χ0n) is 12.0. The maximum atomic E-state index is 12.4. The van der Waals surface area contributed by atoms with Crippen LogP contribution in [0.25, 0.3) is 0 Å². The fraction of sp³-hybridized carbons (Fsp3) is 0.429. The van der Waals surface area contributed by atoms with E-state index in [9.17, 15) is 26.4 Å². The number of benzene rings is 1. The number of hydrogen-bond acceptors (Lipinski definition) is 4. The van der Waals surface area contributed by atoms with E-state index in [1.165, 1.54) is 18.3 Å². The molecule has 1 aliphatic heterocycles. The third-order valence-corrected chi connectivity index (χ3v) is 5.28. The molecule has 1 N–H and O–H groups in total. The molecule has 1 aliphatic rings. The van der Waals surface area contributed by atoms with Crippen LogP contribution in [0.4, 0.5) is 13.2 Å². The Hall–Kier alpha value is -1.90. The Morgan fingerprint density at radius 1 is 1.30 bits per heavy atom. The number of alkyl halides is 3. The van der Waals surface area contributed by atoms with Gasteiger partial charge in [-0.15, -0.1) is 0 Å². The SMILES string of the molecule is O=C(C[C@H]1CCS(=O)(=O)C1)N/N=C\c1ccc(C(F)(F)F)cc1. The van der Waals surface area contributed by atoms with Crippen molar-refractivity contribution >= 4 is 22.0 Å². The second-order valence-electron chi connectivity index (χ2n) is 5.39. The second-order valence-corrected chi connectivity index (χ2v) is 7.61. The van der Waals surface area contributed by atoms with Crippen molar-refractivity contribution in [2.24, 2.45) is 11.0 Å². The Bertz CT molecular complexity index is 697. The number of hydrazone groups is 1. The van der Waals surface area contributed by atoms with Crippen LogP contribution in [0, 0.1) is 5.92 Å². The van der Waals surface area contributed by atoms with E-state index in [2.05, 4.69) is 10.5 Å². The first kappa shape index (κ1) is 17.5. The van der Waals surface area contributed by atoms with Gasteiger partial charge in [0.25, 0.3) is 0 Å². The number of nitrogens with one attached hydrogen (secondary N) is 1. The summed E-state index contributed by atoms with van der Waals surface area (Å²) in [5.41, 5.74) is 1.89. The van der Waals surface area contributed by atoms with Crippen LogP contribution in [0.3, 0.4) is 0 Å². The average Bonchev–Trinajstić information content (AvgIpc) is 2.77. The van der Waals surface area contributed by atoms with Gasteiger partial charge in [-0.3, -0.25) is 4.79 Å². The van der Waals surface area contributed by atoms with E-state index >= 15 is 0 Å². The lowest BCUT2D eigenvalue weighted by Gasteiger charge is -2.06. The minimum absolute atomic E-state index is 0.00301. The summed E-state index contributed by atoms with van der Waals surface area (Å²) in [5.74, 6) is -0.528. The van der Waals surface area contributed by atoms with Gasteiger partial charge in [-0.25, -0.2) is 13.8 Å². The monoisotopic (exact) mass is 348 g/mol. The van der Waals surface area contributed by atoms with E-state index in [0.29, 0.717) is 12.0 Å². The number of halogens is 3. The first-order valence-electron chi connectivity index (χ1n) is 6.85. The van der Waals surface area contributed by atoms with Gasteiger partial charge in [0.05, 0.1) is 23.3 Å². The first-order chi connectivity index (χ1) is 10.7. The van der Waals surface area contributed by atoms with Gasteiger partial charge in [0.2, 0.25) is 5.91 Å². The molecular formula is C14H15F3N2O3S. The minimum Gasteiger partial charge on any atom is -0.273 e. The maximum Gasteiger partial charge on any atom is 0.416 e. The summed E-state index contributed by atoms with van der Waals surface area (Å²) in [5, 5.41) is 3.66. The van der Waals surface area contributed by atoms with Crippen LogP contribution in [-0.2, 0) is 20.8 Å². The van der Waals surface area contributed by atoms with E-state index in [-0.39, 0.29) is 23.8 Å². The molecule has 1 amide bonds. The molecule has 23 heavy (non-hydrogen) atoms. The predicted octanol–water partition coefficient (Wildman–Crippen LogP) is 1.98. The molecule has 126 valence electrons. The molecule has 1 atom stereocenters. The van der Waals surface area contributed by atoms with Gasteiger partial charge < -0.3 is 0 Å². The lowest BCUT2D eigenvalue weighted by Crippen LogP contribution is -2.21. The van der Waals surface area contributed by atoms with Crippen LogP contribution in [-0.4, -0.2) is 32.0 Å². The summed E-state index contributed by atoms with van der Waals surface area (Å²) < 4.78 is 59.7. The molecule has 9 heteroatoms. The summed E-state index contributed by atoms with van der Waals surface area (Å²) in [4.78, 5) is 11.6. The molecule has 0 spiro atoms. The summed E-state index contributed by atoms with van der Waals surface area (Å²) in [7, 11) is -3.03. The van der Waals surface area contributed by atoms with Crippen LogP contribution in [0.5, 0.6) is 0 Å². The molecule has 5 nitrogen and oxygen atoms in total. The number of hydrogen-bond donors (Lipinski definition) is 1. The van der Waals surface area contributed by atoms with Crippen LogP contribution in [0.15, 0.2) is 29.4 Å². The van der Waals surface area contributed by atoms with E-state index in [0.717, 1.165) is 12.1 Å². The maximum absolute atomic E-state index is 12.4. The Labute approximate surface area is 131 Å². The Morgan fingerprint density at radius 3 is 2.48 bits per heavy atom. The highest BCUT2D eigenvalue weighted by Crippen LogP contribution is 2.28.